The first-order chi connectivity index (χ1) is 10.0. The van der Waals surface area contributed by atoms with Crippen LogP contribution in [0.2, 0.25) is 0 Å². The van der Waals surface area contributed by atoms with Gasteiger partial charge in [0.15, 0.2) is 0 Å². The fourth-order valence-corrected chi connectivity index (χ4v) is 2.27. The summed E-state index contributed by atoms with van der Waals surface area (Å²) in [6, 6.07) is 13.4. The highest BCUT2D eigenvalue weighted by atomic mass is 16.3. The maximum atomic E-state index is 11.4. The minimum atomic E-state index is -0.425. The molecule has 0 aliphatic rings. The number of anilines is 1. The van der Waals surface area contributed by atoms with Gasteiger partial charge in [0, 0.05) is 17.3 Å². The van der Waals surface area contributed by atoms with Crippen molar-refractivity contribution in [1.82, 2.24) is 0 Å². The van der Waals surface area contributed by atoms with Gasteiger partial charge in [0.2, 0.25) is 5.91 Å². The first kappa shape index (κ1) is 15.1. The third-order valence-electron chi connectivity index (χ3n) is 3.52. The number of nitrogens with one attached hydrogen (secondary N) is 1. The van der Waals surface area contributed by atoms with E-state index < -0.39 is 5.91 Å². The lowest BCUT2D eigenvalue weighted by Gasteiger charge is -2.17. The molecule has 1 unspecified atom stereocenters. The van der Waals surface area contributed by atoms with Crippen LogP contribution in [0.25, 0.3) is 0 Å². The Bertz CT molecular complexity index is 653. The van der Waals surface area contributed by atoms with Crippen molar-refractivity contribution in [2.45, 2.75) is 26.5 Å². The van der Waals surface area contributed by atoms with Crippen LogP contribution < -0.4 is 11.1 Å². The van der Waals surface area contributed by atoms with Gasteiger partial charge in [-0.05, 0) is 42.7 Å². The lowest BCUT2D eigenvalue weighted by Crippen LogP contribution is -2.14. The van der Waals surface area contributed by atoms with Crippen LogP contribution in [0.4, 0.5) is 5.69 Å². The number of benzene rings is 2. The molecule has 4 nitrogen and oxygen atoms in total. The van der Waals surface area contributed by atoms with Gasteiger partial charge in [-0.15, -0.1) is 0 Å². The van der Waals surface area contributed by atoms with E-state index in [1.54, 1.807) is 6.07 Å². The van der Waals surface area contributed by atoms with E-state index in [1.807, 2.05) is 50.2 Å². The summed E-state index contributed by atoms with van der Waals surface area (Å²) in [6.07, 6.45) is 0. The molecule has 0 aliphatic carbocycles. The van der Waals surface area contributed by atoms with Crippen molar-refractivity contribution in [3.8, 4) is 0 Å². The Balaban J connectivity index is 2.21. The van der Waals surface area contributed by atoms with Crippen LogP contribution in [0.5, 0.6) is 0 Å². The molecule has 0 saturated heterocycles. The van der Waals surface area contributed by atoms with Crippen molar-refractivity contribution >= 4 is 11.6 Å². The first-order valence-electron chi connectivity index (χ1n) is 6.88. The van der Waals surface area contributed by atoms with Crippen LogP contribution in [0.15, 0.2) is 42.5 Å². The van der Waals surface area contributed by atoms with E-state index in [9.17, 15) is 9.90 Å². The van der Waals surface area contributed by atoms with Crippen LogP contribution in [0.3, 0.4) is 0 Å². The quantitative estimate of drug-likeness (QED) is 0.790. The molecule has 2 aromatic rings. The molecule has 1 amide bonds. The minimum absolute atomic E-state index is 0.0247. The SMILES string of the molecule is Cc1ccc(NC(C)c2cccc(CO)c2)cc1C(N)=O. The van der Waals surface area contributed by atoms with Gasteiger partial charge in [-0.1, -0.05) is 30.3 Å². The summed E-state index contributed by atoms with van der Waals surface area (Å²) < 4.78 is 0. The van der Waals surface area contributed by atoms with Crippen LogP contribution >= 0.6 is 0 Å². The molecule has 1 atom stereocenters. The Kier molecular flexibility index (Phi) is 4.60. The van der Waals surface area contributed by atoms with E-state index in [0.29, 0.717) is 5.56 Å². The molecule has 4 heteroatoms. The Hall–Kier alpha value is -2.33. The third-order valence-corrected chi connectivity index (χ3v) is 3.52. The number of amides is 1. The number of hydrogen-bond donors (Lipinski definition) is 3. The van der Waals surface area contributed by atoms with E-state index in [-0.39, 0.29) is 12.6 Å². The molecule has 0 aromatic heterocycles. The second-order valence-electron chi connectivity index (χ2n) is 5.16. The van der Waals surface area contributed by atoms with E-state index in [0.717, 1.165) is 22.4 Å². The van der Waals surface area contributed by atoms with Gasteiger partial charge >= 0.3 is 0 Å². The fraction of sp³-hybridized carbons (Fsp3) is 0.235. The van der Waals surface area contributed by atoms with Crippen LogP contribution in [0.1, 0.15) is 40.0 Å². The predicted octanol–water partition coefficient (Wildman–Crippen LogP) is 2.76. The molecule has 110 valence electrons. The number of aliphatic hydroxyl groups is 1. The van der Waals surface area contributed by atoms with Gasteiger partial charge in [-0.25, -0.2) is 0 Å². The Morgan fingerprint density at radius 3 is 2.71 bits per heavy atom. The third kappa shape index (κ3) is 3.61. The summed E-state index contributed by atoms with van der Waals surface area (Å²) >= 11 is 0. The molecule has 4 N–H and O–H groups in total. The van der Waals surface area contributed by atoms with Gasteiger partial charge in [-0.3, -0.25) is 4.79 Å². The molecule has 2 rings (SSSR count). The first-order valence-corrected chi connectivity index (χ1v) is 6.88. The van der Waals surface area contributed by atoms with Crippen molar-refractivity contribution in [1.29, 1.82) is 0 Å². The van der Waals surface area contributed by atoms with Gasteiger partial charge < -0.3 is 16.2 Å². The Morgan fingerprint density at radius 1 is 1.29 bits per heavy atom. The molecule has 21 heavy (non-hydrogen) atoms. The highest BCUT2D eigenvalue weighted by molar-refractivity contribution is 5.95. The van der Waals surface area contributed by atoms with Gasteiger partial charge in [0.1, 0.15) is 0 Å². The van der Waals surface area contributed by atoms with E-state index in [1.165, 1.54) is 0 Å². The van der Waals surface area contributed by atoms with Crippen LogP contribution in [-0.2, 0) is 6.61 Å². The second-order valence-corrected chi connectivity index (χ2v) is 5.16. The van der Waals surface area contributed by atoms with E-state index in [4.69, 9.17) is 5.73 Å². The summed E-state index contributed by atoms with van der Waals surface area (Å²) in [6.45, 7) is 3.91. The largest absolute Gasteiger partial charge is 0.392 e. The van der Waals surface area contributed by atoms with Crippen molar-refractivity contribution in [2.24, 2.45) is 5.73 Å². The Morgan fingerprint density at radius 2 is 2.05 bits per heavy atom. The number of aryl methyl sites for hydroxylation is 1. The maximum Gasteiger partial charge on any atom is 0.249 e. The average molecular weight is 284 g/mol. The predicted molar refractivity (Wildman–Crippen MR) is 84.1 cm³/mol. The number of aliphatic hydroxyl groups excluding tert-OH is 1. The molecular weight excluding hydrogens is 264 g/mol. The number of nitrogens with two attached hydrogens (primary N) is 1. The highest BCUT2D eigenvalue weighted by Gasteiger charge is 2.09. The smallest absolute Gasteiger partial charge is 0.249 e. The standard InChI is InChI=1S/C17H20N2O2/c1-11-6-7-15(9-16(11)17(18)21)19-12(2)14-5-3-4-13(8-14)10-20/h3-9,12,19-20H,10H2,1-2H3,(H2,18,21). The normalized spacial score (nSPS) is 12.0. The number of hydrogen-bond acceptors (Lipinski definition) is 3. The van der Waals surface area contributed by atoms with Gasteiger partial charge in [-0.2, -0.15) is 0 Å². The summed E-state index contributed by atoms with van der Waals surface area (Å²) in [7, 11) is 0. The zero-order chi connectivity index (χ0) is 15.4. The molecule has 0 aliphatic heterocycles. The van der Waals surface area contributed by atoms with Crippen molar-refractivity contribution in [2.75, 3.05) is 5.32 Å². The zero-order valence-electron chi connectivity index (χ0n) is 12.3. The number of rotatable bonds is 5. The molecule has 0 spiro atoms. The highest BCUT2D eigenvalue weighted by Crippen LogP contribution is 2.22. The van der Waals surface area contributed by atoms with E-state index in [2.05, 4.69) is 5.32 Å². The lowest BCUT2D eigenvalue weighted by atomic mass is 10.0. The van der Waals surface area contributed by atoms with Crippen molar-refractivity contribution in [3.05, 3.63) is 64.7 Å². The van der Waals surface area contributed by atoms with Crippen molar-refractivity contribution < 1.29 is 9.90 Å². The minimum Gasteiger partial charge on any atom is -0.392 e. The molecular formula is C17H20N2O2. The lowest BCUT2D eigenvalue weighted by molar-refractivity contribution is 0.0999. The monoisotopic (exact) mass is 284 g/mol. The second kappa shape index (κ2) is 6.41. The van der Waals surface area contributed by atoms with Gasteiger partial charge in [0.25, 0.3) is 0 Å². The zero-order valence-corrected chi connectivity index (χ0v) is 12.3. The number of carbonyl (C=O) groups excluding carboxylic acids is 1. The molecule has 0 heterocycles. The topological polar surface area (TPSA) is 75.3 Å². The molecule has 0 radical (unpaired) electrons. The molecule has 0 bridgehead atoms. The Labute approximate surface area is 124 Å². The van der Waals surface area contributed by atoms with Gasteiger partial charge in [0.05, 0.1) is 6.61 Å². The fourth-order valence-electron chi connectivity index (χ4n) is 2.27. The molecule has 2 aromatic carbocycles. The number of primary amides is 1. The van der Waals surface area contributed by atoms with E-state index >= 15 is 0 Å². The van der Waals surface area contributed by atoms with Crippen LogP contribution in [-0.4, -0.2) is 11.0 Å². The van der Waals surface area contributed by atoms with Crippen LogP contribution in [0, 0.1) is 6.92 Å². The summed E-state index contributed by atoms with van der Waals surface area (Å²) in [5.41, 5.74) is 9.55. The summed E-state index contributed by atoms with van der Waals surface area (Å²) in [5.74, 6) is -0.425. The molecule has 0 saturated carbocycles. The summed E-state index contributed by atoms with van der Waals surface area (Å²) in [5, 5.41) is 12.5. The maximum absolute atomic E-state index is 11.4. The summed E-state index contributed by atoms with van der Waals surface area (Å²) in [4.78, 5) is 11.4. The average Bonchev–Trinajstić information content (AvgIpc) is 2.49. The number of carbonyl (C=O) groups is 1. The van der Waals surface area contributed by atoms with Crippen molar-refractivity contribution in [3.63, 3.8) is 0 Å². The molecule has 0 fully saturated rings.